The molecular formula is C22H16ClF3N4O. The Hall–Kier alpha value is -3.39. The van der Waals surface area contributed by atoms with E-state index in [1.54, 1.807) is 12.1 Å². The fourth-order valence-electron chi connectivity index (χ4n) is 3.32. The largest absolute Gasteiger partial charge is 0.420 e. The van der Waals surface area contributed by atoms with Gasteiger partial charge in [0, 0.05) is 24.7 Å². The maximum absolute atomic E-state index is 13.2. The van der Waals surface area contributed by atoms with Crippen molar-refractivity contribution in [1.29, 1.82) is 0 Å². The van der Waals surface area contributed by atoms with Crippen LogP contribution in [-0.4, -0.2) is 27.0 Å². The molecule has 0 saturated carbocycles. The third-order valence-corrected chi connectivity index (χ3v) is 4.94. The fraction of sp³-hybridized carbons (Fsp3) is 0.136. The van der Waals surface area contributed by atoms with E-state index in [2.05, 4.69) is 15.5 Å². The smallest absolute Gasteiger partial charge is 0.352 e. The highest BCUT2D eigenvalue weighted by molar-refractivity contribution is 6.30. The zero-order valence-corrected chi connectivity index (χ0v) is 16.8. The van der Waals surface area contributed by atoms with E-state index < -0.39 is 11.7 Å². The van der Waals surface area contributed by atoms with Crippen molar-refractivity contribution >= 4 is 23.2 Å². The third-order valence-electron chi connectivity index (χ3n) is 4.74. The van der Waals surface area contributed by atoms with Crippen LogP contribution in [0.1, 0.15) is 21.7 Å². The number of carbonyl (C=O) groups is 1. The van der Waals surface area contributed by atoms with Gasteiger partial charge in [0.2, 0.25) is 0 Å². The monoisotopic (exact) mass is 444 g/mol. The molecule has 4 rings (SSSR count). The van der Waals surface area contributed by atoms with Crippen LogP contribution in [0.25, 0.3) is 16.8 Å². The van der Waals surface area contributed by atoms with Gasteiger partial charge in [-0.2, -0.15) is 13.2 Å². The van der Waals surface area contributed by atoms with Crippen LogP contribution in [0.2, 0.25) is 5.02 Å². The zero-order chi connectivity index (χ0) is 22.0. The number of amides is 1. The predicted molar refractivity (Wildman–Crippen MR) is 111 cm³/mol. The number of fused-ring (bicyclic) bond motifs is 1. The van der Waals surface area contributed by atoms with Gasteiger partial charge in [0.25, 0.3) is 5.91 Å². The molecule has 0 atom stereocenters. The molecule has 0 radical (unpaired) electrons. The van der Waals surface area contributed by atoms with Gasteiger partial charge in [0.1, 0.15) is 11.4 Å². The number of halogens is 4. The second-order valence-electron chi connectivity index (χ2n) is 6.80. The van der Waals surface area contributed by atoms with E-state index >= 15 is 0 Å². The first-order chi connectivity index (χ1) is 14.8. The number of pyridine rings is 1. The van der Waals surface area contributed by atoms with Crippen molar-refractivity contribution < 1.29 is 18.0 Å². The molecule has 9 heteroatoms. The van der Waals surface area contributed by atoms with Crippen LogP contribution in [0.15, 0.2) is 66.9 Å². The number of alkyl halides is 3. The van der Waals surface area contributed by atoms with E-state index in [0.29, 0.717) is 5.56 Å². The van der Waals surface area contributed by atoms with Crippen LogP contribution < -0.4 is 5.32 Å². The summed E-state index contributed by atoms with van der Waals surface area (Å²) in [6.45, 7) is 0.163. The van der Waals surface area contributed by atoms with Gasteiger partial charge in [-0.15, -0.1) is 10.2 Å². The lowest BCUT2D eigenvalue weighted by molar-refractivity contribution is -0.136. The predicted octanol–water partition coefficient (Wildman–Crippen LogP) is 5.04. The maximum atomic E-state index is 13.2. The summed E-state index contributed by atoms with van der Waals surface area (Å²) in [7, 11) is 0. The van der Waals surface area contributed by atoms with Crippen LogP contribution >= 0.6 is 11.6 Å². The van der Waals surface area contributed by atoms with Crippen molar-refractivity contribution in [2.75, 3.05) is 6.54 Å². The molecule has 2 aromatic carbocycles. The molecule has 158 valence electrons. The van der Waals surface area contributed by atoms with Gasteiger partial charge >= 0.3 is 6.18 Å². The van der Waals surface area contributed by atoms with Crippen LogP contribution in [0.4, 0.5) is 13.2 Å². The number of nitrogens with zero attached hydrogens (tertiary/aromatic N) is 3. The van der Waals surface area contributed by atoms with Crippen molar-refractivity contribution in [1.82, 2.24) is 19.9 Å². The number of carbonyl (C=O) groups excluding carboxylic acids is 1. The Labute approximate surface area is 180 Å². The topological polar surface area (TPSA) is 59.3 Å². The number of hydrogen-bond acceptors (Lipinski definition) is 3. The molecule has 31 heavy (non-hydrogen) atoms. The molecular weight excluding hydrogens is 429 g/mol. The SMILES string of the molecule is O=C(NCCc1nnc2c(C(F)(F)F)cc(Cl)cn12)c1ccccc1-c1ccccc1. The lowest BCUT2D eigenvalue weighted by Crippen LogP contribution is -2.26. The minimum absolute atomic E-state index is 0.0818. The van der Waals surface area contributed by atoms with Crippen molar-refractivity contribution in [3.63, 3.8) is 0 Å². The molecule has 4 aromatic rings. The molecule has 2 aromatic heterocycles. The highest BCUT2D eigenvalue weighted by Gasteiger charge is 2.35. The van der Waals surface area contributed by atoms with E-state index in [1.807, 2.05) is 42.5 Å². The summed E-state index contributed by atoms with van der Waals surface area (Å²) in [4.78, 5) is 12.7. The van der Waals surface area contributed by atoms with Gasteiger partial charge < -0.3 is 5.32 Å². The summed E-state index contributed by atoms with van der Waals surface area (Å²) in [5, 5.41) is 10.2. The van der Waals surface area contributed by atoms with Gasteiger partial charge in [0.15, 0.2) is 5.65 Å². The first kappa shape index (κ1) is 20.9. The van der Waals surface area contributed by atoms with Crippen LogP contribution in [-0.2, 0) is 12.6 Å². The number of nitrogens with one attached hydrogen (secondary N) is 1. The summed E-state index contributed by atoms with van der Waals surface area (Å²) in [5.74, 6) is -0.0260. The van der Waals surface area contributed by atoms with E-state index in [0.717, 1.165) is 17.2 Å². The van der Waals surface area contributed by atoms with Crippen molar-refractivity contribution in [3.05, 3.63) is 88.8 Å². The second kappa shape index (κ2) is 8.39. The Balaban J connectivity index is 1.52. The Bertz CT molecular complexity index is 1240. The molecule has 0 aliphatic heterocycles. The number of aromatic nitrogens is 3. The Morgan fingerprint density at radius 3 is 2.48 bits per heavy atom. The van der Waals surface area contributed by atoms with E-state index in [9.17, 15) is 18.0 Å². The van der Waals surface area contributed by atoms with Gasteiger partial charge in [-0.05, 0) is 23.3 Å². The Morgan fingerprint density at radius 1 is 1.03 bits per heavy atom. The lowest BCUT2D eigenvalue weighted by atomic mass is 9.99. The van der Waals surface area contributed by atoms with Gasteiger partial charge in [-0.1, -0.05) is 60.1 Å². The third kappa shape index (κ3) is 4.39. The second-order valence-corrected chi connectivity index (χ2v) is 7.23. The molecule has 0 fully saturated rings. The Kier molecular flexibility index (Phi) is 5.65. The van der Waals surface area contributed by atoms with Gasteiger partial charge in [-0.25, -0.2) is 0 Å². The summed E-state index contributed by atoms with van der Waals surface area (Å²) in [6, 6.07) is 17.5. The summed E-state index contributed by atoms with van der Waals surface area (Å²) in [5.41, 5.74) is 0.913. The van der Waals surface area contributed by atoms with Crippen molar-refractivity contribution in [2.45, 2.75) is 12.6 Å². The molecule has 1 N–H and O–H groups in total. The molecule has 5 nitrogen and oxygen atoms in total. The van der Waals surface area contributed by atoms with E-state index in [-0.39, 0.29) is 35.4 Å². The standard InChI is InChI=1S/C22H16ClF3N4O/c23-15-12-18(22(24,25)26)20-29-28-19(30(20)13-15)10-11-27-21(31)17-9-5-4-8-16(17)14-6-2-1-3-7-14/h1-9,12-13H,10-11H2,(H,27,31). The highest BCUT2D eigenvalue weighted by Crippen LogP contribution is 2.33. The lowest BCUT2D eigenvalue weighted by Gasteiger charge is -2.11. The zero-order valence-electron chi connectivity index (χ0n) is 16.0. The highest BCUT2D eigenvalue weighted by atomic mass is 35.5. The molecule has 0 aliphatic carbocycles. The fourth-order valence-corrected chi connectivity index (χ4v) is 3.53. The van der Waals surface area contributed by atoms with Crippen LogP contribution in [0.3, 0.4) is 0 Å². The molecule has 2 heterocycles. The molecule has 1 amide bonds. The minimum atomic E-state index is -4.61. The van der Waals surface area contributed by atoms with Crippen LogP contribution in [0, 0.1) is 0 Å². The van der Waals surface area contributed by atoms with E-state index in [1.165, 1.54) is 10.6 Å². The van der Waals surface area contributed by atoms with Crippen molar-refractivity contribution in [3.8, 4) is 11.1 Å². The number of hydrogen-bond donors (Lipinski definition) is 1. The summed E-state index contributed by atoms with van der Waals surface area (Å²) in [6.07, 6.45) is -3.10. The number of benzene rings is 2. The van der Waals surface area contributed by atoms with Gasteiger partial charge in [-0.3, -0.25) is 9.20 Å². The molecule has 0 bridgehead atoms. The average Bonchev–Trinajstić information content (AvgIpc) is 3.15. The summed E-state index contributed by atoms with van der Waals surface area (Å²) >= 11 is 5.85. The maximum Gasteiger partial charge on any atom is 0.420 e. The summed E-state index contributed by atoms with van der Waals surface area (Å²) < 4.78 is 40.9. The normalized spacial score (nSPS) is 11.6. The van der Waals surface area contributed by atoms with Crippen LogP contribution in [0.5, 0.6) is 0 Å². The van der Waals surface area contributed by atoms with Gasteiger partial charge in [0.05, 0.1) is 5.02 Å². The first-order valence-electron chi connectivity index (χ1n) is 9.37. The minimum Gasteiger partial charge on any atom is -0.352 e. The molecule has 0 aliphatic rings. The molecule has 0 saturated heterocycles. The quantitative estimate of drug-likeness (QED) is 0.469. The number of rotatable bonds is 5. The van der Waals surface area contributed by atoms with Crippen molar-refractivity contribution in [2.24, 2.45) is 0 Å². The molecule has 0 spiro atoms. The first-order valence-corrected chi connectivity index (χ1v) is 9.75. The average molecular weight is 445 g/mol. The molecule has 0 unspecified atom stereocenters. The Morgan fingerprint density at radius 2 is 1.74 bits per heavy atom. The van der Waals surface area contributed by atoms with E-state index in [4.69, 9.17) is 11.6 Å².